The van der Waals surface area contributed by atoms with Gasteiger partial charge in [0.05, 0.1) is 18.2 Å². The molecule has 0 bridgehead atoms. The van der Waals surface area contributed by atoms with E-state index in [1.165, 1.54) is 18.5 Å². The van der Waals surface area contributed by atoms with Crippen LogP contribution in [-0.4, -0.2) is 37.0 Å². The zero-order valence-electron chi connectivity index (χ0n) is 16.5. The van der Waals surface area contributed by atoms with Crippen molar-refractivity contribution in [1.82, 2.24) is 4.90 Å². The van der Waals surface area contributed by atoms with E-state index in [2.05, 4.69) is 40.2 Å². The normalized spacial score (nSPS) is 13.5. The van der Waals surface area contributed by atoms with Gasteiger partial charge in [-0.25, -0.2) is 0 Å². The molecule has 0 aromatic heterocycles. The molecule has 0 aliphatic carbocycles. The summed E-state index contributed by atoms with van der Waals surface area (Å²) in [4.78, 5) is 17.0. The molecule has 2 aromatic carbocycles. The largest absolute Gasteiger partial charge is 0.372 e. The van der Waals surface area contributed by atoms with Gasteiger partial charge in [0.25, 0.3) is 0 Å². The first-order chi connectivity index (χ1) is 13.7. The first-order valence-electron chi connectivity index (χ1n) is 10.0. The number of hydrogen-bond acceptors (Lipinski definition) is 4. The Balaban J connectivity index is 1.55. The molecule has 0 saturated carbocycles. The van der Waals surface area contributed by atoms with Crippen molar-refractivity contribution in [3.8, 4) is 6.07 Å². The first kappa shape index (κ1) is 19.9. The summed E-state index contributed by atoms with van der Waals surface area (Å²) < 4.78 is 0. The Morgan fingerprint density at radius 2 is 1.79 bits per heavy atom. The Hall–Kier alpha value is -2.84. The fourth-order valence-corrected chi connectivity index (χ4v) is 3.61. The molecule has 2 aromatic rings. The molecule has 1 aliphatic rings. The van der Waals surface area contributed by atoms with Crippen LogP contribution in [0.4, 0.5) is 11.4 Å². The number of rotatable bonds is 8. The average Bonchev–Trinajstić information content (AvgIpc) is 3.24. The van der Waals surface area contributed by atoms with E-state index in [0.29, 0.717) is 18.7 Å². The van der Waals surface area contributed by atoms with E-state index in [9.17, 15) is 4.79 Å². The summed E-state index contributed by atoms with van der Waals surface area (Å²) in [6, 6.07) is 17.8. The van der Waals surface area contributed by atoms with Crippen molar-refractivity contribution in [2.45, 2.75) is 32.7 Å². The second kappa shape index (κ2) is 9.91. The quantitative estimate of drug-likeness (QED) is 0.756. The summed E-state index contributed by atoms with van der Waals surface area (Å²) >= 11 is 0. The van der Waals surface area contributed by atoms with E-state index in [0.717, 1.165) is 37.3 Å². The van der Waals surface area contributed by atoms with Crippen LogP contribution in [-0.2, 0) is 11.3 Å². The highest BCUT2D eigenvalue weighted by atomic mass is 16.2. The Morgan fingerprint density at radius 3 is 2.39 bits per heavy atom. The number of nitrogens with one attached hydrogen (secondary N) is 1. The van der Waals surface area contributed by atoms with Gasteiger partial charge in [0.15, 0.2) is 0 Å². The lowest BCUT2D eigenvalue weighted by Gasteiger charge is -2.21. The van der Waals surface area contributed by atoms with E-state index in [1.807, 2.05) is 36.4 Å². The lowest BCUT2D eigenvalue weighted by molar-refractivity contribution is -0.117. The molecule has 0 atom stereocenters. The third kappa shape index (κ3) is 5.58. The second-order valence-corrected chi connectivity index (χ2v) is 7.31. The third-order valence-corrected chi connectivity index (χ3v) is 5.02. The van der Waals surface area contributed by atoms with Crippen LogP contribution in [0.15, 0.2) is 48.5 Å². The molecule has 5 heteroatoms. The number of nitriles is 1. The molecule has 5 nitrogen and oxygen atoms in total. The van der Waals surface area contributed by atoms with Crippen molar-refractivity contribution in [3.05, 3.63) is 59.7 Å². The van der Waals surface area contributed by atoms with Crippen molar-refractivity contribution in [2.75, 3.05) is 36.4 Å². The highest BCUT2D eigenvalue weighted by molar-refractivity contribution is 5.92. The summed E-state index contributed by atoms with van der Waals surface area (Å²) in [6.45, 7) is 6.24. The van der Waals surface area contributed by atoms with Gasteiger partial charge in [-0.1, -0.05) is 19.1 Å². The highest BCUT2D eigenvalue weighted by Crippen LogP contribution is 2.22. The lowest BCUT2D eigenvalue weighted by atomic mass is 10.1. The van der Waals surface area contributed by atoms with Gasteiger partial charge in [-0.15, -0.1) is 0 Å². The molecule has 28 heavy (non-hydrogen) atoms. The molecule has 3 rings (SSSR count). The SMILES string of the molecule is CCCN(CC(=O)Nc1ccc(N2CCCC2)cc1)Cc1ccc(C#N)cc1. The van der Waals surface area contributed by atoms with Crippen LogP contribution in [0.25, 0.3) is 0 Å². The van der Waals surface area contributed by atoms with Crippen molar-refractivity contribution >= 4 is 17.3 Å². The van der Waals surface area contributed by atoms with Gasteiger partial charge in [-0.05, 0) is 67.8 Å². The van der Waals surface area contributed by atoms with Crippen LogP contribution >= 0.6 is 0 Å². The molecular weight excluding hydrogens is 348 g/mol. The topological polar surface area (TPSA) is 59.4 Å². The van der Waals surface area contributed by atoms with Gasteiger partial charge in [0.1, 0.15) is 0 Å². The monoisotopic (exact) mass is 376 g/mol. The number of amides is 1. The van der Waals surface area contributed by atoms with E-state index >= 15 is 0 Å². The molecular formula is C23H28N4O. The second-order valence-electron chi connectivity index (χ2n) is 7.31. The van der Waals surface area contributed by atoms with E-state index in [1.54, 1.807) is 0 Å². The maximum atomic E-state index is 12.5. The molecule has 1 amide bonds. The van der Waals surface area contributed by atoms with Crippen LogP contribution in [0, 0.1) is 11.3 Å². The number of benzene rings is 2. The zero-order valence-corrected chi connectivity index (χ0v) is 16.5. The van der Waals surface area contributed by atoms with Crippen molar-refractivity contribution in [2.24, 2.45) is 0 Å². The maximum absolute atomic E-state index is 12.5. The van der Waals surface area contributed by atoms with E-state index < -0.39 is 0 Å². The molecule has 1 N–H and O–H groups in total. The third-order valence-electron chi connectivity index (χ3n) is 5.02. The van der Waals surface area contributed by atoms with Crippen LogP contribution in [0.1, 0.15) is 37.3 Å². The Kier molecular flexibility index (Phi) is 7.05. The first-order valence-corrected chi connectivity index (χ1v) is 10.0. The average molecular weight is 377 g/mol. The fraction of sp³-hybridized carbons (Fsp3) is 0.391. The summed E-state index contributed by atoms with van der Waals surface area (Å²) in [6.07, 6.45) is 3.49. The van der Waals surface area contributed by atoms with Crippen LogP contribution in [0.2, 0.25) is 0 Å². The summed E-state index contributed by atoms with van der Waals surface area (Å²) in [5.74, 6) is -0.00369. The molecule has 1 saturated heterocycles. The van der Waals surface area contributed by atoms with Crippen LogP contribution in [0.3, 0.4) is 0 Å². The maximum Gasteiger partial charge on any atom is 0.238 e. The predicted molar refractivity (Wildman–Crippen MR) is 113 cm³/mol. The molecule has 1 heterocycles. The van der Waals surface area contributed by atoms with Gasteiger partial charge < -0.3 is 10.2 Å². The summed E-state index contributed by atoms with van der Waals surface area (Å²) in [7, 11) is 0. The number of nitrogens with zero attached hydrogens (tertiary/aromatic N) is 3. The highest BCUT2D eigenvalue weighted by Gasteiger charge is 2.13. The van der Waals surface area contributed by atoms with Crippen LogP contribution in [0.5, 0.6) is 0 Å². The lowest BCUT2D eigenvalue weighted by Crippen LogP contribution is -2.33. The molecule has 1 fully saturated rings. The number of carbonyl (C=O) groups excluding carboxylic acids is 1. The minimum atomic E-state index is -0.00369. The van der Waals surface area contributed by atoms with E-state index in [4.69, 9.17) is 5.26 Å². The van der Waals surface area contributed by atoms with Gasteiger partial charge >= 0.3 is 0 Å². The zero-order chi connectivity index (χ0) is 19.8. The molecule has 0 radical (unpaired) electrons. The molecule has 146 valence electrons. The predicted octanol–water partition coefficient (Wildman–Crippen LogP) is 4.01. The number of carbonyl (C=O) groups is 1. The Morgan fingerprint density at radius 1 is 1.11 bits per heavy atom. The fourth-order valence-electron chi connectivity index (χ4n) is 3.61. The molecule has 0 spiro atoms. The standard InChI is InChI=1S/C23H28N4O/c1-2-13-26(17-20-7-5-19(16-24)6-8-20)18-23(28)25-21-9-11-22(12-10-21)27-14-3-4-15-27/h5-12H,2-4,13-15,17-18H2,1H3,(H,25,28). The number of hydrogen-bond donors (Lipinski definition) is 1. The van der Waals surface area contributed by atoms with E-state index in [-0.39, 0.29) is 5.91 Å². The van der Waals surface area contributed by atoms with Gasteiger partial charge in [-0.3, -0.25) is 9.69 Å². The Bertz CT molecular complexity index is 802. The van der Waals surface area contributed by atoms with Crippen molar-refractivity contribution < 1.29 is 4.79 Å². The summed E-state index contributed by atoms with van der Waals surface area (Å²) in [5, 5.41) is 11.9. The smallest absolute Gasteiger partial charge is 0.238 e. The number of anilines is 2. The van der Waals surface area contributed by atoms with Gasteiger partial charge in [0, 0.05) is 31.0 Å². The minimum absolute atomic E-state index is 0.00369. The summed E-state index contributed by atoms with van der Waals surface area (Å²) in [5.41, 5.74) is 3.82. The van der Waals surface area contributed by atoms with Crippen LogP contribution < -0.4 is 10.2 Å². The van der Waals surface area contributed by atoms with Gasteiger partial charge in [-0.2, -0.15) is 5.26 Å². The molecule has 0 unspecified atom stereocenters. The van der Waals surface area contributed by atoms with Gasteiger partial charge in [0.2, 0.25) is 5.91 Å². The minimum Gasteiger partial charge on any atom is -0.372 e. The van der Waals surface area contributed by atoms with Crippen molar-refractivity contribution in [3.63, 3.8) is 0 Å². The molecule has 1 aliphatic heterocycles. The Labute approximate surface area is 167 Å². The van der Waals surface area contributed by atoms with Crippen molar-refractivity contribution in [1.29, 1.82) is 5.26 Å².